The molecule has 8 N–H and O–H groups in total. The largest absolute Gasteiger partial charge is 0.481 e. The number of nitrogens with one attached hydrogen (secondary N) is 4. The number of hydrogen-bond donors (Lipinski definition) is 7. The molecule has 3 amide bonds. The van der Waals surface area contributed by atoms with Crippen LogP contribution in [0.25, 0.3) is 0 Å². The number of ketones is 1. The number of ether oxygens (including phenoxy) is 2. The summed E-state index contributed by atoms with van der Waals surface area (Å²) >= 11 is 5.44. The Bertz CT molecular complexity index is 1060. The second-order valence-electron chi connectivity index (χ2n) is 13.0. The lowest BCUT2D eigenvalue weighted by molar-refractivity contribution is -0.142. The van der Waals surface area contributed by atoms with Crippen LogP contribution >= 0.6 is 11.6 Å². The first-order chi connectivity index (χ1) is 24.8. The van der Waals surface area contributed by atoms with Gasteiger partial charge in [0.1, 0.15) is 31.2 Å². The average molecular weight is 764 g/mol. The zero-order valence-corrected chi connectivity index (χ0v) is 31.5. The van der Waals surface area contributed by atoms with Gasteiger partial charge >= 0.3 is 11.9 Å². The number of hydrogen-bond acceptors (Lipinski definition) is 11. The molecule has 0 saturated carbocycles. The van der Waals surface area contributed by atoms with Crippen LogP contribution in [0.1, 0.15) is 116 Å². The molecular weight excluding hydrogens is 702 g/mol. The normalized spacial score (nSPS) is 13.4. The van der Waals surface area contributed by atoms with Crippen LogP contribution < -0.4 is 27.0 Å². The number of carboxylic acid groups (broad SMARTS) is 2. The number of carbonyl (C=O) groups is 7. The minimum absolute atomic E-state index is 0.0108. The summed E-state index contributed by atoms with van der Waals surface area (Å²) in [6, 6.07) is -1.61. The molecule has 0 spiro atoms. The Labute approximate surface area is 312 Å². The molecule has 17 heteroatoms. The van der Waals surface area contributed by atoms with Crippen LogP contribution in [0.3, 0.4) is 0 Å². The minimum Gasteiger partial charge on any atom is -0.481 e. The summed E-state index contributed by atoms with van der Waals surface area (Å²) in [5.74, 6) is -4.58. The molecule has 0 aliphatic carbocycles. The number of rotatable bonds is 36. The smallest absolute Gasteiger partial charge is 0.320 e. The molecule has 0 aliphatic rings. The van der Waals surface area contributed by atoms with Gasteiger partial charge in [0.15, 0.2) is 5.78 Å². The number of Topliss-reactive ketones (excluding diaryl/α,β-unsaturated/α-hetero) is 1. The number of carboxylic acids is 2. The molecule has 300 valence electrons. The molecular formula is C35H62ClN5O11. The van der Waals surface area contributed by atoms with Gasteiger partial charge in [0.2, 0.25) is 17.7 Å². The lowest BCUT2D eigenvalue weighted by Gasteiger charge is -2.23. The maximum atomic E-state index is 12.3. The summed E-state index contributed by atoms with van der Waals surface area (Å²) in [6.45, 7) is 0.863. The Kier molecular flexibility index (Phi) is 29.4. The van der Waals surface area contributed by atoms with Gasteiger partial charge in [-0.3, -0.25) is 28.8 Å². The molecule has 16 nitrogen and oxygen atoms in total. The van der Waals surface area contributed by atoms with Crippen LogP contribution in [0, 0.1) is 0 Å². The van der Waals surface area contributed by atoms with Crippen LogP contribution in [0.15, 0.2) is 0 Å². The summed E-state index contributed by atoms with van der Waals surface area (Å²) < 4.78 is 10.4. The van der Waals surface area contributed by atoms with Gasteiger partial charge in [-0.2, -0.15) is 0 Å². The topological polar surface area (TPSA) is 253 Å². The average Bonchev–Trinajstić information content (AvgIpc) is 3.08. The standard InChI is InChI=1S/C35H62ClN5O11/c1-35(37,29(43)24-36)41-32(46)26-52-22-19-39-31(45)25-51-21-18-38-30(44)17-16-28(34(49)50)40-27(23-33(47)48)15-13-11-9-7-5-3-2-4-6-8-10-12-14-20-42/h20,27-28,40H,2-19,21-26,37H2,1H3,(H,38,44)(H,39,45)(H,41,46)(H,47,48)(H,49,50)/t27?,28-,35?/m0/s1. The molecule has 0 heterocycles. The summed E-state index contributed by atoms with van der Waals surface area (Å²) in [7, 11) is 0. The third-order valence-corrected chi connectivity index (χ3v) is 8.39. The maximum Gasteiger partial charge on any atom is 0.320 e. The van der Waals surface area contributed by atoms with Gasteiger partial charge in [-0.1, -0.05) is 70.6 Å². The number of aliphatic carboxylic acids is 2. The molecule has 3 atom stereocenters. The van der Waals surface area contributed by atoms with Crippen molar-refractivity contribution in [2.24, 2.45) is 5.73 Å². The van der Waals surface area contributed by atoms with Crippen molar-refractivity contribution in [2.45, 2.75) is 134 Å². The van der Waals surface area contributed by atoms with Gasteiger partial charge in [-0.15, -0.1) is 11.6 Å². The predicted octanol–water partition coefficient (Wildman–Crippen LogP) is 2.18. The van der Waals surface area contributed by atoms with E-state index in [4.69, 9.17) is 26.8 Å². The minimum atomic E-state index is -1.61. The fourth-order valence-electron chi connectivity index (χ4n) is 5.21. The van der Waals surface area contributed by atoms with Crippen LogP contribution in [0.4, 0.5) is 0 Å². The summed E-state index contributed by atoms with van der Waals surface area (Å²) in [4.78, 5) is 81.2. The van der Waals surface area contributed by atoms with Crippen LogP contribution in [-0.2, 0) is 43.0 Å². The van der Waals surface area contributed by atoms with E-state index in [1.54, 1.807) is 0 Å². The van der Waals surface area contributed by atoms with Crippen molar-refractivity contribution < 1.29 is 53.2 Å². The van der Waals surface area contributed by atoms with Gasteiger partial charge in [0.05, 0.1) is 25.5 Å². The van der Waals surface area contributed by atoms with Crippen molar-refractivity contribution in [2.75, 3.05) is 45.4 Å². The van der Waals surface area contributed by atoms with E-state index in [0.29, 0.717) is 12.8 Å². The van der Waals surface area contributed by atoms with Crippen LogP contribution in [-0.4, -0.2) is 115 Å². The lowest BCUT2D eigenvalue weighted by atomic mass is 10.0. The number of alkyl halides is 1. The third-order valence-electron chi connectivity index (χ3n) is 8.14. The lowest BCUT2D eigenvalue weighted by Crippen LogP contribution is -2.60. The molecule has 0 fully saturated rings. The van der Waals surface area contributed by atoms with Crippen molar-refractivity contribution in [1.82, 2.24) is 21.3 Å². The SMILES string of the molecule is CC(N)(NC(=O)COCCNC(=O)COCCNC(=O)CC[C@H](NC(CCCCCCCCCCCCCCC=O)CC(=O)O)C(=O)O)C(=O)CCl. The van der Waals surface area contributed by atoms with Crippen molar-refractivity contribution in [3.8, 4) is 0 Å². The molecule has 0 rings (SSSR count). The second kappa shape index (κ2) is 31.4. The van der Waals surface area contributed by atoms with E-state index in [-0.39, 0.29) is 64.7 Å². The summed E-state index contributed by atoms with van der Waals surface area (Å²) in [5, 5.41) is 29.4. The van der Waals surface area contributed by atoms with Crippen molar-refractivity contribution >= 4 is 53.3 Å². The monoisotopic (exact) mass is 763 g/mol. The highest BCUT2D eigenvalue weighted by atomic mass is 35.5. The van der Waals surface area contributed by atoms with E-state index in [0.717, 1.165) is 51.2 Å². The van der Waals surface area contributed by atoms with Gasteiger partial charge in [-0.25, -0.2) is 0 Å². The van der Waals surface area contributed by atoms with Gasteiger partial charge in [0, 0.05) is 32.0 Å². The molecule has 0 saturated heterocycles. The van der Waals surface area contributed by atoms with Crippen molar-refractivity contribution in [3.05, 3.63) is 0 Å². The van der Waals surface area contributed by atoms with E-state index < -0.39 is 53.2 Å². The highest BCUT2D eigenvalue weighted by Crippen LogP contribution is 2.15. The third kappa shape index (κ3) is 28.4. The van der Waals surface area contributed by atoms with Crippen molar-refractivity contribution in [3.63, 3.8) is 0 Å². The zero-order valence-electron chi connectivity index (χ0n) is 30.7. The highest BCUT2D eigenvalue weighted by Gasteiger charge is 2.29. The zero-order chi connectivity index (χ0) is 39.0. The van der Waals surface area contributed by atoms with E-state index in [1.165, 1.54) is 39.0 Å². The Morgan fingerprint density at radius 1 is 0.750 bits per heavy atom. The molecule has 0 bridgehead atoms. The molecule has 0 aromatic carbocycles. The number of halogens is 1. The van der Waals surface area contributed by atoms with Crippen LogP contribution in [0.2, 0.25) is 0 Å². The Morgan fingerprint density at radius 2 is 1.25 bits per heavy atom. The number of carbonyl (C=O) groups excluding carboxylic acids is 5. The maximum absolute atomic E-state index is 12.3. The Balaban J connectivity index is 4.13. The first kappa shape index (κ1) is 48.8. The highest BCUT2D eigenvalue weighted by molar-refractivity contribution is 6.29. The van der Waals surface area contributed by atoms with E-state index in [2.05, 4.69) is 21.3 Å². The van der Waals surface area contributed by atoms with E-state index >= 15 is 0 Å². The fourth-order valence-corrected chi connectivity index (χ4v) is 5.49. The number of aldehydes is 1. The molecule has 0 aliphatic heterocycles. The quantitative estimate of drug-likeness (QED) is 0.0209. The first-order valence-corrected chi connectivity index (χ1v) is 18.9. The molecule has 2 unspecified atom stereocenters. The number of unbranched alkanes of at least 4 members (excludes halogenated alkanes) is 12. The molecule has 0 aromatic rings. The van der Waals surface area contributed by atoms with E-state index in [1.807, 2.05) is 0 Å². The Hall–Kier alpha value is -3.18. The van der Waals surface area contributed by atoms with Gasteiger partial charge in [-0.05, 0) is 26.2 Å². The summed E-state index contributed by atoms with van der Waals surface area (Å²) in [6.07, 6.45) is 14.9. The first-order valence-electron chi connectivity index (χ1n) is 18.3. The Morgan fingerprint density at radius 3 is 1.75 bits per heavy atom. The molecule has 0 radical (unpaired) electrons. The van der Waals surface area contributed by atoms with Crippen LogP contribution in [0.5, 0.6) is 0 Å². The fraction of sp³-hybridized carbons (Fsp3) is 0.800. The number of nitrogens with two attached hydrogens (primary N) is 1. The van der Waals surface area contributed by atoms with Crippen molar-refractivity contribution in [1.29, 1.82) is 0 Å². The van der Waals surface area contributed by atoms with Gasteiger partial charge < -0.3 is 51.5 Å². The predicted molar refractivity (Wildman–Crippen MR) is 195 cm³/mol. The van der Waals surface area contributed by atoms with Gasteiger partial charge in [0.25, 0.3) is 0 Å². The van der Waals surface area contributed by atoms with E-state index in [9.17, 15) is 43.8 Å². The summed E-state index contributed by atoms with van der Waals surface area (Å²) in [5.41, 5.74) is 4.07. The number of amides is 3. The molecule has 0 aromatic heterocycles. The second-order valence-corrected chi connectivity index (χ2v) is 13.3. The molecule has 52 heavy (non-hydrogen) atoms.